The second-order valence-electron chi connectivity index (χ2n) is 5.45. The van der Waals surface area contributed by atoms with Crippen LogP contribution < -0.4 is 0 Å². The van der Waals surface area contributed by atoms with Crippen molar-refractivity contribution >= 4 is 10.1 Å². The maximum Gasteiger partial charge on any atom is 0.380 e. The average Bonchev–Trinajstić information content (AvgIpc) is 2.11. The van der Waals surface area contributed by atoms with Gasteiger partial charge in [-0.3, -0.25) is 4.18 Å². The van der Waals surface area contributed by atoms with Crippen molar-refractivity contribution in [1.82, 2.24) is 0 Å². The summed E-state index contributed by atoms with van der Waals surface area (Å²) in [6, 6.07) is 0. The Labute approximate surface area is 107 Å². The van der Waals surface area contributed by atoms with E-state index in [1.807, 2.05) is 0 Å². The maximum absolute atomic E-state index is 14.2. The Hall–Kier alpha value is -0.270. The van der Waals surface area contributed by atoms with E-state index in [1.54, 1.807) is 27.7 Å². The van der Waals surface area contributed by atoms with Crippen molar-refractivity contribution < 1.29 is 26.1 Å². The summed E-state index contributed by atoms with van der Waals surface area (Å²) in [6.45, 7) is 5.75. The lowest BCUT2D eigenvalue weighted by Crippen LogP contribution is -2.62. The third kappa shape index (κ3) is 2.40. The molecule has 0 saturated carbocycles. The second kappa shape index (κ2) is 5.02. The molecule has 0 aromatic carbocycles. The molecule has 0 amide bonds. The van der Waals surface area contributed by atoms with Crippen LogP contribution in [0.5, 0.6) is 0 Å². The highest BCUT2D eigenvalue weighted by molar-refractivity contribution is 7.87. The number of hydrogen-bond donors (Lipinski definition) is 0. The fourth-order valence-electron chi connectivity index (χ4n) is 1.71. The van der Waals surface area contributed by atoms with E-state index in [0.29, 0.717) is 0 Å². The highest BCUT2D eigenvalue weighted by atomic mass is 32.2. The van der Waals surface area contributed by atoms with Gasteiger partial charge in [-0.05, 0) is 11.8 Å². The standard InChI is InChI=1S/C11H20F2O4S/c1-8(2)5-17-18(14,15)11(12,13)10(9(3)4)6-16-7-10/h8-9H,5-7H2,1-4H3. The predicted molar refractivity (Wildman–Crippen MR) is 62.7 cm³/mol. The molecule has 0 unspecified atom stereocenters. The molecule has 1 aliphatic heterocycles. The van der Waals surface area contributed by atoms with Gasteiger partial charge in [0.2, 0.25) is 0 Å². The minimum Gasteiger partial charge on any atom is -0.380 e. The molecule has 0 aromatic rings. The summed E-state index contributed by atoms with van der Waals surface area (Å²) in [4.78, 5) is 0. The van der Waals surface area contributed by atoms with Gasteiger partial charge in [-0.1, -0.05) is 27.7 Å². The first-order valence-corrected chi connectivity index (χ1v) is 7.32. The predicted octanol–water partition coefficient (Wildman–Crippen LogP) is 2.25. The van der Waals surface area contributed by atoms with E-state index in [4.69, 9.17) is 4.74 Å². The van der Waals surface area contributed by atoms with Crippen molar-refractivity contribution in [3.63, 3.8) is 0 Å². The smallest absolute Gasteiger partial charge is 0.380 e. The van der Waals surface area contributed by atoms with Crippen LogP contribution in [0.25, 0.3) is 0 Å². The molecule has 1 rings (SSSR count). The van der Waals surface area contributed by atoms with Crippen LogP contribution in [0.3, 0.4) is 0 Å². The minimum atomic E-state index is -4.93. The van der Waals surface area contributed by atoms with Gasteiger partial charge < -0.3 is 4.74 Å². The highest BCUT2D eigenvalue weighted by Crippen LogP contribution is 2.51. The zero-order valence-electron chi connectivity index (χ0n) is 11.1. The first-order chi connectivity index (χ1) is 8.07. The van der Waals surface area contributed by atoms with Gasteiger partial charge >= 0.3 is 15.4 Å². The van der Waals surface area contributed by atoms with Crippen molar-refractivity contribution in [1.29, 1.82) is 0 Å². The summed E-state index contributed by atoms with van der Waals surface area (Å²) in [5, 5.41) is -3.93. The van der Waals surface area contributed by atoms with E-state index in [-0.39, 0.29) is 25.7 Å². The quantitative estimate of drug-likeness (QED) is 0.703. The Morgan fingerprint density at radius 1 is 1.28 bits per heavy atom. The Bertz CT molecular complexity index is 386. The average molecular weight is 286 g/mol. The minimum absolute atomic E-state index is 0.136. The van der Waals surface area contributed by atoms with Crippen LogP contribution in [0.2, 0.25) is 0 Å². The van der Waals surface area contributed by atoms with Gasteiger partial charge in [0.15, 0.2) is 0 Å². The van der Waals surface area contributed by atoms with Crippen LogP contribution in [0.15, 0.2) is 0 Å². The fraction of sp³-hybridized carbons (Fsp3) is 1.00. The summed E-state index contributed by atoms with van der Waals surface area (Å²) >= 11 is 0. The van der Waals surface area contributed by atoms with Crippen molar-refractivity contribution in [2.45, 2.75) is 32.9 Å². The Balaban J connectivity index is 2.97. The van der Waals surface area contributed by atoms with E-state index >= 15 is 0 Å². The summed E-state index contributed by atoms with van der Waals surface area (Å²) in [5.41, 5.74) is -1.68. The lowest BCUT2D eigenvalue weighted by Gasteiger charge is -2.48. The monoisotopic (exact) mass is 286 g/mol. The summed E-state index contributed by atoms with van der Waals surface area (Å²) in [5.74, 6) is -0.651. The molecule has 0 bridgehead atoms. The molecule has 1 heterocycles. The summed E-state index contributed by atoms with van der Waals surface area (Å²) in [7, 11) is -4.93. The largest absolute Gasteiger partial charge is 0.380 e. The third-order valence-corrected chi connectivity index (χ3v) is 4.76. The van der Waals surface area contributed by atoms with Crippen LogP contribution in [-0.2, 0) is 19.0 Å². The fourth-order valence-corrected chi connectivity index (χ4v) is 3.16. The van der Waals surface area contributed by atoms with E-state index in [2.05, 4.69) is 4.18 Å². The number of ether oxygens (including phenoxy) is 1. The van der Waals surface area contributed by atoms with Crippen molar-refractivity contribution in [3.8, 4) is 0 Å². The Morgan fingerprint density at radius 2 is 1.78 bits per heavy atom. The molecular formula is C11H20F2O4S. The topological polar surface area (TPSA) is 52.6 Å². The third-order valence-electron chi connectivity index (χ3n) is 3.27. The summed E-state index contributed by atoms with van der Waals surface area (Å²) < 4.78 is 61.0. The molecule has 1 fully saturated rings. The van der Waals surface area contributed by atoms with Crippen molar-refractivity contribution in [2.75, 3.05) is 19.8 Å². The van der Waals surface area contributed by atoms with E-state index in [9.17, 15) is 17.2 Å². The molecule has 0 atom stereocenters. The first kappa shape index (κ1) is 15.8. The molecule has 1 aliphatic rings. The molecular weight excluding hydrogens is 266 g/mol. The molecule has 1 saturated heterocycles. The van der Waals surface area contributed by atoms with E-state index in [1.165, 1.54) is 0 Å². The normalized spacial score (nSPS) is 20.2. The second-order valence-corrected chi connectivity index (χ2v) is 7.11. The van der Waals surface area contributed by atoms with Gasteiger partial charge in [-0.2, -0.15) is 17.2 Å². The molecule has 0 aromatic heterocycles. The molecule has 0 N–H and O–H groups in total. The molecule has 0 spiro atoms. The molecule has 108 valence electrons. The summed E-state index contributed by atoms with van der Waals surface area (Å²) in [6.07, 6.45) is 0. The van der Waals surface area contributed by atoms with Gasteiger partial charge in [-0.15, -0.1) is 0 Å². The van der Waals surface area contributed by atoms with Crippen LogP contribution >= 0.6 is 0 Å². The Morgan fingerprint density at radius 3 is 2.06 bits per heavy atom. The van der Waals surface area contributed by atoms with Crippen LogP contribution in [0.1, 0.15) is 27.7 Å². The molecule has 0 aliphatic carbocycles. The van der Waals surface area contributed by atoms with Gasteiger partial charge in [-0.25, -0.2) is 0 Å². The molecule has 18 heavy (non-hydrogen) atoms. The van der Waals surface area contributed by atoms with Crippen LogP contribution in [0.4, 0.5) is 8.78 Å². The van der Waals surface area contributed by atoms with Gasteiger partial charge in [0.1, 0.15) is 5.41 Å². The van der Waals surface area contributed by atoms with E-state index < -0.39 is 26.7 Å². The first-order valence-electron chi connectivity index (χ1n) is 5.91. The SMILES string of the molecule is CC(C)COS(=O)(=O)C(F)(F)C1(C(C)C)COC1. The Kier molecular flexibility index (Phi) is 4.40. The van der Waals surface area contributed by atoms with Crippen LogP contribution in [0, 0.1) is 17.3 Å². The van der Waals surface area contributed by atoms with Crippen molar-refractivity contribution in [2.24, 2.45) is 17.3 Å². The number of hydrogen-bond acceptors (Lipinski definition) is 4. The lowest BCUT2D eigenvalue weighted by molar-refractivity contribution is -0.229. The van der Waals surface area contributed by atoms with Gasteiger partial charge in [0.05, 0.1) is 19.8 Å². The number of alkyl halides is 2. The lowest BCUT2D eigenvalue weighted by atomic mass is 9.75. The van der Waals surface area contributed by atoms with Crippen molar-refractivity contribution in [3.05, 3.63) is 0 Å². The zero-order chi connectivity index (χ0) is 14.2. The van der Waals surface area contributed by atoms with E-state index in [0.717, 1.165) is 0 Å². The number of rotatable bonds is 6. The zero-order valence-corrected chi connectivity index (χ0v) is 11.9. The molecule has 0 radical (unpaired) electrons. The molecule has 4 nitrogen and oxygen atoms in total. The van der Waals surface area contributed by atoms with Gasteiger partial charge in [0.25, 0.3) is 0 Å². The van der Waals surface area contributed by atoms with Crippen LogP contribution in [-0.4, -0.2) is 33.5 Å². The maximum atomic E-state index is 14.2. The number of halogens is 2. The highest BCUT2D eigenvalue weighted by Gasteiger charge is 2.68. The molecule has 7 heteroatoms. The van der Waals surface area contributed by atoms with Gasteiger partial charge in [0, 0.05) is 0 Å².